The predicted octanol–water partition coefficient (Wildman–Crippen LogP) is 0.773. The lowest BCUT2D eigenvalue weighted by Crippen LogP contribution is -2.07. The van der Waals surface area contributed by atoms with Crippen molar-refractivity contribution in [3.05, 3.63) is 24.0 Å². The first kappa shape index (κ1) is 13.0. The third-order valence-corrected chi connectivity index (χ3v) is 3.81. The van der Waals surface area contributed by atoms with Crippen molar-refractivity contribution in [2.45, 2.75) is 9.79 Å². The Hall–Kier alpha value is -1.06. The summed E-state index contributed by atoms with van der Waals surface area (Å²) < 4.78 is 76.9. The Bertz CT molecular complexity index is 606. The number of sulfone groups is 1. The third kappa shape index (κ3) is 2.54. The summed E-state index contributed by atoms with van der Waals surface area (Å²) in [6, 6.07) is -0.159. The van der Waals surface area contributed by atoms with Crippen molar-refractivity contribution in [2.75, 3.05) is 6.01 Å². The van der Waals surface area contributed by atoms with Crippen molar-refractivity contribution in [3.63, 3.8) is 0 Å². The van der Waals surface area contributed by atoms with Crippen LogP contribution >= 0.6 is 0 Å². The molecule has 90 valence electrons. The van der Waals surface area contributed by atoms with Crippen molar-refractivity contribution < 1.29 is 30.2 Å². The standard InChI is InChI=1S/C7H6F2O5S2/c8-4-15(10,11)5-1-2-6(9)7(3-5)16(12,13)14/h1-3H,4H2,(H,12,13,14). The van der Waals surface area contributed by atoms with Crippen LogP contribution in [0.5, 0.6) is 0 Å². The van der Waals surface area contributed by atoms with Gasteiger partial charge in [-0.2, -0.15) is 8.42 Å². The molecule has 0 aliphatic rings. The number of alkyl halides is 1. The summed E-state index contributed by atoms with van der Waals surface area (Å²) in [5.41, 5.74) is 0. The molecule has 0 atom stereocenters. The van der Waals surface area contributed by atoms with Crippen LogP contribution in [0.3, 0.4) is 0 Å². The molecule has 1 N–H and O–H groups in total. The summed E-state index contributed by atoms with van der Waals surface area (Å²) in [6.07, 6.45) is 0. The van der Waals surface area contributed by atoms with Gasteiger partial charge in [-0.15, -0.1) is 0 Å². The highest BCUT2D eigenvalue weighted by molar-refractivity contribution is 7.91. The number of halogens is 2. The maximum Gasteiger partial charge on any atom is 0.297 e. The van der Waals surface area contributed by atoms with E-state index in [1.165, 1.54) is 0 Å². The lowest BCUT2D eigenvalue weighted by Gasteiger charge is -2.03. The van der Waals surface area contributed by atoms with E-state index in [-0.39, 0.29) is 0 Å². The number of hydrogen-bond donors (Lipinski definition) is 1. The van der Waals surface area contributed by atoms with Crippen molar-refractivity contribution in [3.8, 4) is 0 Å². The number of benzene rings is 1. The van der Waals surface area contributed by atoms with E-state index < -0.39 is 41.6 Å². The maximum absolute atomic E-state index is 12.9. The van der Waals surface area contributed by atoms with Gasteiger partial charge in [-0.1, -0.05) is 0 Å². The summed E-state index contributed by atoms with van der Waals surface area (Å²) >= 11 is 0. The third-order valence-electron chi connectivity index (χ3n) is 1.68. The van der Waals surface area contributed by atoms with Gasteiger partial charge in [0.05, 0.1) is 4.90 Å². The van der Waals surface area contributed by atoms with Crippen LogP contribution in [0.15, 0.2) is 28.0 Å². The Labute approximate surface area is 90.4 Å². The first-order valence-electron chi connectivity index (χ1n) is 3.74. The van der Waals surface area contributed by atoms with E-state index in [1.807, 2.05) is 0 Å². The summed E-state index contributed by atoms with van der Waals surface area (Å²) in [6.45, 7) is 0. The molecule has 0 aromatic heterocycles. The highest BCUT2D eigenvalue weighted by Crippen LogP contribution is 2.20. The molecule has 1 rings (SSSR count). The van der Waals surface area contributed by atoms with E-state index in [0.29, 0.717) is 18.2 Å². The summed E-state index contributed by atoms with van der Waals surface area (Å²) in [7, 11) is -9.19. The molecular weight excluding hydrogens is 266 g/mol. The second kappa shape index (κ2) is 4.07. The van der Waals surface area contributed by atoms with Gasteiger partial charge in [-0.3, -0.25) is 4.55 Å². The maximum atomic E-state index is 12.9. The second-order valence-electron chi connectivity index (χ2n) is 2.79. The van der Waals surface area contributed by atoms with E-state index >= 15 is 0 Å². The topological polar surface area (TPSA) is 88.5 Å². The molecule has 0 saturated heterocycles. The molecule has 0 fully saturated rings. The lowest BCUT2D eigenvalue weighted by atomic mass is 10.3. The molecule has 0 spiro atoms. The van der Waals surface area contributed by atoms with Gasteiger partial charge in [0.1, 0.15) is 10.7 Å². The zero-order valence-electron chi connectivity index (χ0n) is 7.59. The van der Waals surface area contributed by atoms with Gasteiger partial charge in [-0.05, 0) is 18.2 Å². The van der Waals surface area contributed by atoms with Crippen LogP contribution in [0.4, 0.5) is 8.78 Å². The van der Waals surface area contributed by atoms with Crippen LogP contribution in [0, 0.1) is 5.82 Å². The molecule has 0 radical (unpaired) electrons. The molecular formula is C7H6F2O5S2. The number of rotatable bonds is 3. The smallest absolute Gasteiger partial charge is 0.282 e. The fourth-order valence-electron chi connectivity index (χ4n) is 0.938. The zero-order chi connectivity index (χ0) is 12.6. The molecule has 0 amide bonds. The van der Waals surface area contributed by atoms with Crippen LogP contribution in [0.2, 0.25) is 0 Å². The monoisotopic (exact) mass is 272 g/mol. The van der Waals surface area contributed by atoms with E-state index in [0.717, 1.165) is 0 Å². The van der Waals surface area contributed by atoms with Gasteiger partial charge < -0.3 is 0 Å². The van der Waals surface area contributed by atoms with Crippen LogP contribution < -0.4 is 0 Å². The zero-order valence-corrected chi connectivity index (χ0v) is 9.22. The molecule has 0 aliphatic carbocycles. The van der Waals surface area contributed by atoms with Crippen LogP contribution in [0.25, 0.3) is 0 Å². The van der Waals surface area contributed by atoms with Crippen molar-refractivity contribution in [2.24, 2.45) is 0 Å². The fourth-order valence-corrected chi connectivity index (χ4v) is 2.30. The molecule has 0 unspecified atom stereocenters. The first-order valence-corrected chi connectivity index (χ1v) is 6.83. The molecule has 0 saturated carbocycles. The molecule has 9 heteroatoms. The normalized spacial score (nSPS) is 12.7. The molecule has 16 heavy (non-hydrogen) atoms. The van der Waals surface area contributed by atoms with Crippen molar-refractivity contribution >= 4 is 20.0 Å². The van der Waals surface area contributed by atoms with Crippen LogP contribution in [-0.2, 0) is 20.0 Å². The quantitative estimate of drug-likeness (QED) is 0.648. The van der Waals surface area contributed by atoms with Gasteiger partial charge in [0.15, 0.2) is 6.01 Å². The Morgan fingerprint density at radius 1 is 1.19 bits per heavy atom. The summed E-state index contributed by atoms with van der Waals surface area (Å²) in [5, 5.41) is 0. The summed E-state index contributed by atoms with van der Waals surface area (Å²) in [5.74, 6) is -1.32. The Morgan fingerprint density at radius 2 is 1.75 bits per heavy atom. The van der Waals surface area contributed by atoms with Crippen molar-refractivity contribution in [1.29, 1.82) is 0 Å². The first-order chi connectivity index (χ1) is 7.18. The SMILES string of the molecule is O=S(=O)(O)c1cc(S(=O)(=O)CF)ccc1F. The Balaban J connectivity index is 3.53. The van der Waals surface area contributed by atoms with Gasteiger partial charge >= 0.3 is 0 Å². The fraction of sp³-hybridized carbons (Fsp3) is 0.143. The van der Waals surface area contributed by atoms with Gasteiger partial charge in [-0.25, -0.2) is 17.2 Å². The average Bonchev–Trinajstić information content (AvgIpc) is 2.16. The molecule has 0 heterocycles. The molecule has 5 nitrogen and oxygen atoms in total. The molecule has 1 aromatic rings. The predicted molar refractivity (Wildman–Crippen MR) is 49.4 cm³/mol. The molecule has 0 aliphatic heterocycles. The minimum atomic E-state index is -4.89. The van der Waals surface area contributed by atoms with Gasteiger partial charge in [0.2, 0.25) is 9.84 Å². The van der Waals surface area contributed by atoms with E-state index in [2.05, 4.69) is 0 Å². The highest BCUT2D eigenvalue weighted by Gasteiger charge is 2.21. The minimum Gasteiger partial charge on any atom is -0.282 e. The van der Waals surface area contributed by atoms with E-state index in [4.69, 9.17) is 4.55 Å². The van der Waals surface area contributed by atoms with Crippen LogP contribution in [-0.4, -0.2) is 27.4 Å². The van der Waals surface area contributed by atoms with Gasteiger partial charge in [0.25, 0.3) is 10.1 Å². The second-order valence-corrected chi connectivity index (χ2v) is 6.10. The molecule has 0 bridgehead atoms. The van der Waals surface area contributed by atoms with E-state index in [1.54, 1.807) is 0 Å². The van der Waals surface area contributed by atoms with Gasteiger partial charge in [0, 0.05) is 0 Å². The number of hydrogen-bond acceptors (Lipinski definition) is 4. The molecule has 1 aromatic carbocycles. The Kier molecular flexibility index (Phi) is 3.31. The highest BCUT2D eigenvalue weighted by atomic mass is 32.2. The van der Waals surface area contributed by atoms with Crippen LogP contribution in [0.1, 0.15) is 0 Å². The Morgan fingerprint density at radius 3 is 2.19 bits per heavy atom. The van der Waals surface area contributed by atoms with E-state index in [9.17, 15) is 25.6 Å². The van der Waals surface area contributed by atoms with Crippen molar-refractivity contribution in [1.82, 2.24) is 0 Å². The summed E-state index contributed by atoms with van der Waals surface area (Å²) in [4.78, 5) is -1.92. The minimum absolute atomic E-state index is 0.361. The largest absolute Gasteiger partial charge is 0.297 e. The average molecular weight is 272 g/mol. The lowest BCUT2D eigenvalue weighted by molar-refractivity contribution is 0.472.